The second-order valence-corrected chi connectivity index (χ2v) is 7.62. The lowest BCUT2D eigenvalue weighted by molar-refractivity contribution is -0.140. The molecule has 0 amide bonds. The van der Waals surface area contributed by atoms with Crippen LogP contribution in [0.2, 0.25) is 0 Å². The van der Waals surface area contributed by atoms with Gasteiger partial charge in [0.05, 0.1) is 24.7 Å². The second-order valence-electron chi connectivity index (χ2n) is 5.41. The summed E-state index contributed by atoms with van der Waals surface area (Å²) >= 11 is 3.06. The highest BCUT2D eigenvalue weighted by Gasteiger charge is 2.09. The third-order valence-electron chi connectivity index (χ3n) is 3.46. The van der Waals surface area contributed by atoms with Crippen molar-refractivity contribution >= 4 is 47.4 Å². The number of esters is 2. The van der Waals surface area contributed by atoms with Crippen molar-refractivity contribution in [2.24, 2.45) is 0 Å². The number of anilines is 1. The molecule has 0 atom stereocenters. The molecule has 6 nitrogen and oxygen atoms in total. The summed E-state index contributed by atoms with van der Waals surface area (Å²) < 4.78 is 9.85. The molecule has 1 aromatic carbocycles. The Kier molecular flexibility index (Phi) is 12.5. The number of nitrogens with zero attached hydrogens (tertiary/aromatic N) is 1. The van der Waals surface area contributed by atoms with Gasteiger partial charge in [-0.1, -0.05) is 0 Å². The van der Waals surface area contributed by atoms with Gasteiger partial charge in [-0.25, -0.2) is 0 Å². The average molecular weight is 414 g/mol. The van der Waals surface area contributed by atoms with Crippen LogP contribution < -0.4 is 4.90 Å². The molecule has 0 spiro atoms. The molecule has 0 aliphatic carbocycles. The van der Waals surface area contributed by atoms with Crippen molar-refractivity contribution in [2.75, 3.05) is 54.2 Å². The Morgan fingerprint density at radius 2 is 1.41 bits per heavy atom. The van der Waals surface area contributed by atoms with Crippen LogP contribution in [0.15, 0.2) is 24.3 Å². The highest BCUT2D eigenvalue weighted by Crippen LogP contribution is 2.17. The molecule has 0 aromatic heterocycles. The summed E-state index contributed by atoms with van der Waals surface area (Å²) in [5, 5.41) is 0. The second kappa shape index (κ2) is 14.4. The van der Waals surface area contributed by atoms with Gasteiger partial charge in [-0.2, -0.15) is 0 Å². The molecule has 1 aromatic rings. The van der Waals surface area contributed by atoms with E-state index < -0.39 is 0 Å². The van der Waals surface area contributed by atoms with E-state index in [0.29, 0.717) is 30.3 Å². The summed E-state index contributed by atoms with van der Waals surface area (Å²) in [5.74, 6) is 1.82. The summed E-state index contributed by atoms with van der Waals surface area (Å²) in [4.78, 5) is 35.9. The molecule has 1 rings (SSSR count). The highest BCUT2D eigenvalue weighted by molar-refractivity contribution is 8.00. The first-order valence-corrected chi connectivity index (χ1v) is 11.2. The molecule has 0 heterocycles. The third-order valence-corrected chi connectivity index (χ3v) is 5.28. The Hall–Kier alpha value is -1.67. The molecular weight excluding hydrogens is 386 g/mol. The van der Waals surface area contributed by atoms with E-state index in [9.17, 15) is 14.4 Å². The number of carbonyl (C=O) groups is 3. The van der Waals surface area contributed by atoms with Gasteiger partial charge >= 0.3 is 11.9 Å². The fourth-order valence-electron chi connectivity index (χ4n) is 2.20. The fraction of sp³-hybridized carbons (Fsp3) is 0.526. The maximum atomic E-state index is 11.4. The van der Waals surface area contributed by atoms with E-state index in [1.165, 1.54) is 23.5 Å². The van der Waals surface area contributed by atoms with Gasteiger partial charge in [0.25, 0.3) is 0 Å². The lowest BCUT2D eigenvalue weighted by Gasteiger charge is -2.24. The number of benzene rings is 1. The van der Waals surface area contributed by atoms with Crippen molar-refractivity contribution in [1.82, 2.24) is 0 Å². The highest BCUT2D eigenvalue weighted by atomic mass is 32.2. The molecule has 0 fully saturated rings. The lowest BCUT2D eigenvalue weighted by atomic mass is 10.2. The first-order valence-electron chi connectivity index (χ1n) is 8.87. The summed E-state index contributed by atoms with van der Waals surface area (Å²) in [5.41, 5.74) is 1.64. The molecule has 0 unspecified atom stereocenters. The largest absolute Gasteiger partial charge is 0.465 e. The normalized spacial score (nSPS) is 10.3. The number of ether oxygens (including phenoxy) is 2. The molecule has 0 N–H and O–H groups in total. The van der Waals surface area contributed by atoms with Crippen molar-refractivity contribution in [3.05, 3.63) is 29.8 Å². The molecule has 0 saturated heterocycles. The Bertz CT molecular complexity index is 554. The minimum Gasteiger partial charge on any atom is -0.465 e. The van der Waals surface area contributed by atoms with Crippen LogP contribution in [-0.2, 0) is 19.1 Å². The third kappa shape index (κ3) is 10.3. The van der Waals surface area contributed by atoms with Crippen LogP contribution in [0.5, 0.6) is 0 Å². The molecule has 0 radical (unpaired) electrons. The predicted octanol–water partition coefficient (Wildman–Crippen LogP) is 2.90. The van der Waals surface area contributed by atoms with Crippen molar-refractivity contribution in [2.45, 2.75) is 13.8 Å². The van der Waals surface area contributed by atoms with Gasteiger partial charge in [0.1, 0.15) is 6.29 Å². The maximum absolute atomic E-state index is 11.4. The zero-order chi connectivity index (χ0) is 19.9. The smallest absolute Gasteiger partial charge is 0.315 e. The average Bonchev–Trinajstić information content (AvgIpc) is 2.67. The fourth-order valence-corrected chi connectivity index (χ4v) is 3.69. The number of carbonyl (C=O) groups excluding carboxylic acids is 3. The summed E-state index contributed by atoms with van der Waals surface area (Å²) in [6.45, 7) is 5.88. The molecular formula is C19H27NO5S2. The van der Waals surface area contributed by atoms with Crippen molar-refractivity contribution in [3.63, 3.8) is 0 Å². The Morgan fingerprint density at radius 1 is 0.926 bits per heavy atom. The molecule has 27 heavy (non-hydrogen) atoms. The Labute approximate surface area is 169 Å². The molecule has 0 saturated carbocycles. The van der Waals surface area contributed by atoms with Gasteiger partial charge < -0.3 is 14.4 Å². The van der Waals surface area contributed by atoms with Gasteiger partial charge in [-0.15, -0.1) is 23.5 Å². The molecule has 0 bridgehead atoms. The number of hydrogen-bond donors (Lipinski definition) is 0. The van der Waals surface area contributed by atoms with E-state index in [-0.39, 0.29) is 11.9 Å². The molecule has 0 aliphatic heterocycles. The quantitative estimate of drug-likeness (QED) is 0.262. The van der Waals surface area contributed by atoms with Crippen LogP contribution in [0.1, 0.15) is 24.2 Å². The van der Waals surface area contributed by atoms with E-state index in [1.54, 1.807) is 26.0 Å². The monoisotopic (exact) mass is 413 g/mol. The van der Waals surface area contributed by atoms with Crippen LogP contribution in [0, 0.1) is 0 Å². The van der Waals surface area contributed by atoms with E-state index in [4.69, 9.17) is 9.47 Å². The van der Waals surface area contributed by atoms with E-state index >= 15 is 0 Å². The number of aldehydes is 1. The van der Waals surface area contributed by atoms with E-state index in [1.807, 2.05) is 12.1 Å². The van der Waals surface area contributed by atoms with Gasteiger partial charge in [0.15, 0.2) is 0 Å². The molecule has 0 aliphatic rings. The zero-order valence-electron chi connectivity index (χ0n) is 15.8. The van der Waals surface area contributed by atoms with Crippen molar-refractivity contribution in [1.29, 1.82) is 0 Å². The number of thioether (sulfide) groups is 2. The van der Waals surface area contributed by atoms with Crippen LogP contribution in [-0.4, -0.2) is 67.5 Å². The first-order chi connectivity index (χ1) is 13.1. The Morgan fingerprint density at radius 3 is 1.81 bits per heavy atom. The van der Waals surface area contributed by atoms with Gasteiger partial charge in [-0.05, 0) is 38.1 Å². The van der Waals surface area contributed by atoms with Crippen LogP contribution in [0.3, 0.4) is 0 Å². The van der Waals surface area contributed by atoms with E-state index in [2.05, 4.69) is 4.90 Å². The van der Waals surface area contributed by atoms with Crippen molar-refractivity contribution in [3.8, 4) is 0 Å². The van der Waals surface area contributed by atoms with E-state index in [0.717, 1.165) is 36.6 Å². The van der Waals surface area contributed by atoms with Crippen LogP contribution in [0.25, 0.3) is 0 Å². The standard InChI is InChI=1S/C19H27NO5S2/c1-3-24-18(22)14-26-11-9-20(10-12-27-15-19(23)25-4-2)17-7-5-16(13-21)6-8-17/h5-8,13H,3-4,9-12,14-15H2,1-2H3. The first kappa shape index (κ1) is 23.4. The maximum Gasteiger partial charge on any atom is 0.315 e. The molecule has 8 heteroatoms. The van der Waals surface area contributed by atoms with Crippen molar-refractivity contribution < 1.29 is 23.9 Å². The van der Waals surface area contributed by atoms with Crippen LogP contribution in [0.4, 0.5) is 5.69 Å². The minimum atomic E-state index is -0.200. The minimum absolute atomic E-state index is 0.200. The summed E-state index contributed by atoms with van der Waals surface area (Å²) in [7, 11) is 0. The zero-order valence-corrected chi connectivity index (χ0v) is 17.5. The topological polar surface area (TPSA) is 72.9 Å². The SMILES string of the molecule is CCOC(=O)CSCCN(CCSCC(=O)OCC)c1ccc(C=O)cc1. The van der Waals surface area contributed by atoms with Gasteiger partial charge in [0, 0.05) is 35.8 Å². The van der Waals surface area contributed by atoms with Crippen LogP contribution >= 0.6 is 23.5 Å². The van der Waals surface area contributed by atoms with Gasteiger partial charge in [-0.3, -0.25) is 14.4 Å². The predicted molar refractivity (Wildman–Crippen MR) is 112 cm³/mol. The number of rotatable bonds is 14. The number of hydrogen-bond acceptors (Lipinski definition) is 8. The summed E-state index contributed by atoms with van der Waals surface area (Å²) in [6.07, 6.45) is 0.818. The Balaban J connectivity index is 2.51. The summed E-state index contributed by atoms with van der Waals surface area (Å²) in [6, 6.07) is 7.39. The van der Waals surface area contributed by atoms with Gasteiger partial charge in [0.2, 0.25) is 0 Å². The lowest BCUT2D eigenvalue weighted by Crippen LogP contribution is -2.29. The molecule has 150 valence electrons.